The molecule has 1 unspecified atom stereocenters. The van der Waals surface area contributed by atoms with Gasteiger partial charge in [-0.1, -0.05) is 19.1 Å². The Morgan fingerprint density at radius 3 is 2.85 bits per heavy atom. The van der Waals surface area contributed by atoms with E-state index >= 15 is 0 Å². The van der Waals surface area contributed by atoms with Crippen LogP contribution in [0.15, 0.2) is 34.5 Å². The Morgan fingerprint density at radius 2 is 2.20 bits per heavy atom. The Hall–Kier alpha value is -0.910. The molecule has 1 heterocycles. The predicted octanol–water partition coefficient (Wildman–Crippen LogP) is 3.90. The SMILES string of the molecule is CCNC(CSc1ccccc1F)Cc1csc(C)n1. The van der Waals surface area contributed by atoms with Crippen LogP contribution < -0.4 is 5.32 Å². The summed E-state index contributed by atoms with van der Waals surface area (Å²) in [6, 6.07) is 7.24. The summed E-state index contributed by atoms with van der Waals surface area (Å²) < 4.78 is 13.6. The lowest BCUT2D eigenvalue weighted by Crippen LogP contribution is -2.33. The molecule has 0 aliphatic heterocycles. The summed E-state index contributed by atoms with van der Waals surface area (Å²) >= 11 is 3.23. The second-order valence-corrected chi connectivity index (χ2v) is 6.68. The molecule has 0 saturated heterocycles. The normalized spacial score (nSPS) is 12.6. The van der Waals surface area contributed by atoms with Crippen molar-refractivity contribution in [3.63, 3.8) is 0 Å². The zero-order chi connectivity index (χ0) is 14.4. The summed E-state index contributed by atoms with van der Waals surface area (Å²) in [5.74, 6) is 0.697. The number of nitrogens with one attached hydrogen (secondary N) is 1. The van der Waals surface area contributed by atoms with Gasteiger partial charge >= 0.3 is 0 Å². The summed E-state index contributed by atoms with van der Waals surface area (Å²) in [5.41, 5.74) is 1.12. The molecule has 0 bridgehead atoms. The molecule has 0 fully saturated rings. The van der Waals surface area contributed by atoms with Gasteiger partial charge in [0.15, 0.2) is 0 Å². The van der Waals surface area contributed by atoms with Gasteiger partial charge in [-0.25, -0.2) is 9.37 Å². The van der Waals surface area contributed by atoms with Crippen molar-refractivity contribution in [2.24, 2.45) is 0 Å². The highest BCUT2D eigenvalue weighted by Gasteiger charge is 2.12. The third kappa shape index (κ3) is 4.58. The molecular weight excluding hydrogens is 291 g/mol. The highest BCUT2D eigenvalue weighted by molar-refractivity contribution is 7.99. The van der Waals surface area contributed by atoms with Gasteiger partial charge in [0, 0.05) is 28.5 Å². The van der Waals surface area contributed by atoms with Crippen LogP contribution in [0.3, 0.4) is 0 Å². The lowest BCUT2D eigenvalue weighted by atomic mass is 10.2. The minimum absolute atomic E-state index is 0.141. The second kappa shape index (κ2) is 7.76. The first kappa shape index (κ1) is 15.5. The van der Waals surface area contributed by atoms with Crippen molar-refractivity contribution in [2.75, 3.05) is 12.3 Å². The number of aromatic nitrogens is 1. The van der Waals surface area contributed by atoms with Crippen molar-refractivity contribution in [3.8, 4) is 0 Å². The molecule has 20 heavy (non-hydrogen) atoms. The zero-order valence-corrected chi connectivity index (χ0v) is 13.4. The number of hydrogen-bond acceptors (Lipinski definition) is 4. The molecule has 2 nitrogen and oxygen atoms in total. The standard InChI is InChI=1S/C15H19FN2S2/c1-3-17-12(8-13-10-19-11(2)18-13)9-20-15-7-5-4-6-14(15)16/h4-7,10,12,17H,3,8-9H2,1-2H3. The van der Waals surface area contributed by atoms with Gasteiger partial charge in [0.25, 0.3) is 0 Å². The monoisotopic (exact) mass is 310 g/mol. The molecule has 0 aliphatic carbocycles. The Bertz CT molecular complexity index is 542. The van der Waals surface area contributed by atoms with Crippen molar-refractivity contribution >= 4 is 23.1 Å². The number of aryl methyl sites for hydroxylation is 1. The minimum atomic E-state index is -0.141. The van der Waals surface area contributed by atoms with E-state index in [4.69, 9.17) is 0 Å². The minimum Gasteiger partial charge on any atom is -0.313 e. The fraction of sp³-hybridized carbons (Fsp3) is 0.400. The van der Waals surface area contributed by atoms with Crippen molar-refractivity contribution in [1.82, 2.24) is 10.3 Å². The summed E-state index contributed by atoms with van der Waals surface area (Å²) in [6.07, 6.45) is 0.889. The van der Waals surface area contributed by atoms with Crippen LogP contribution in [0, 0.1) is 12.7 Å². The number of likely N-dealkylation sites (N-methyl/N-ethyl adjacent to an activating group) is 1. The quantitative estimate of drug-likeness (QED) is 0.785. The maximum atomic E-state index is 13.6. The van der Waals surface area contributed by atoms with Crippen molar-refractivity contribution in [3.05, 3.63) is 46.2 Å². The number of rotatable bonds is 7. The number of hydrogen-bond donors (Lipinski definition) is 1. The third-order valence-corrected chi connectivity index (χ3v) is 4.93. The Labute approximate surface area is 127 Å². The lowest BCUT2D eigenvalue weighted by Gasteiger charge is -2.16. The van der Waals surface area contributed by atoms with E-state index in [0.717, 1.165) is 29.4 Å². The number of thiazole rings is 1. The van der Waals surface area contributed by atoms with Crippen LogP contribution in [0.2, 0.25) is 0 Å². The molecule has 2 aromatic rings. The highest BCUT2D eigenvalue weighted by atomic mass is 32.2. The number of nitrogens with zero attached hydrogens (tertiary/aromatic N) is 1. The summed E-state index contributed by atoms with van der Waals surface area (Å²) in [7, 11) is 0. The Balaban J connectivity index is 1.94. The van der Waals surface area contributed by atoms with E-state index in [1.165, 1.54) is 6.07 Å². The zero-order valence-electron chi connectivity index (χ0n) is 11.7. The van der Waals surface area contributed by atoms with E-state index in [9.17, 15) is 4.39 Å². The van der Waals surface area contributed by atoms with Gasteiger partial charge in [0.05, 0.1) is 10.7 Å². The summed E-state index contributed by atoms with van der Waals surface area (Å²) in [4.78, 5) is 5.21. The maximum Gasteiger partial charge on any atom is 0.136 e. The van der Waals surface area contributed by atoms with E-state index in [0.29, 0.717) is 10.9 Å². The molecule has 1 N–H and O–H groups in total. The first-order valence-electron chi connectivity index (χ1n) is 6.70. The van der Waals surface area contributed by atoms with Gasteiger partial charge in [0.1, 0.15) is 5.82 Å². The first-order valence-corrected chi connectivity index (χ1v) is 8.57. The van der Waals surface area contributed by atoms with Gasteiger partial charge < -0.3 is 5.32 Å². The van der Waals surface area contributed by atoms with E-state index in [2.05, 4.69) is 22.6 Å². The molecule has 108 valence electrons. The molecule has 1 atom stereocenters. The van der Waals surface area contributed by atoms with Gasteiger partial charge in [-0.05, 0) is 25.6 Å². The van der Waals surface area contributed by atoms with Gasteiger partial charge in [-0.15, -0.1) is 23.1 Å². The Kier molecular flexibility index (Phi) is 6.01. The van der Waals surface area contributed by atoms with Crippen LogP contribution in [-0.2, 0) is 6.42 Å². The number of thioether (sulfide) groups is 1. The molecular formula is C15H19FN2S2. The molecule has 0 aliphatic rings. The van der Waals surface area contributed by atoms with Crippen molar-refractivity contribution < 1.29 is 4.39 Å². The topological polar surface area (TPSA) is 24.9 Å². The molecule has 2 rings (SSSR count). The molecule has 0 spiro atoms. The average molecular weight is 310 g/mol. The molecule has 0 amide bonds. The number of halogens is 1. The summed E-state index contributed by atoms with van der Waals surface area (Å²) in [5, 5.41) is 6.65. The van der Waals surface area contributed by atoms with Crippen molar-refractivity contribution in [1.29, 1.82) is 0 Å². The van der Waals surface area contributed by atoms with E-state index < -0.39 is 0 Å². The predicted molar refractivity (Wildman–Crippen MR) is 85.1 cm³/mol. The van der Waals surface area contributed by atoms with Crippen LogP contribution in [-0.4, -0.2) is 23.3 Å². The van der Waals surface area contributed by atoms with Crippen LogP contribution >= 0.6 is 23.1 Å². The van der Waals surface area contributed by atoms with Gasteiger partial charge in [-0.2, -0.15) is 0 Å². The molecule has 1 aromatic heterocycles. The molecule has 0 radical (unpaired) electrons. The second-order valence-electron chi connectivity index (χ2n) is 4.56. The van der Waals surface area contributed by atoms with Crippen molar-refractivity contribution in [2.45, 2.75) is 31.2 Å². The van der Waals surface area contributed by atoms with E-state index in [1.807, 2.05) is 19.1 Å². The van der Waals surface area contributed by atoms with Crippen LogP contribution in [0.25, 0.3) is 0 Å². The average Bonchev–Trinajstić information content (AvgIpc) is 2.83. The van der Waals surface area contributed by atoms with Gasteiger partial charge in [0.2, 0.25) is 0 Å². The molecule has 0 saturated carbocycles. The van der Waals surface area contributed by atoms with Crippen LogP contribution in [0.4, 0.5) is 4.39 Å². The third-order valence-electron chi connectivity index (χ3n) is 2.89. The Morgan fingerprint density at radius 1 is 1.40 bits per heavy atom. The fourth-order valence-corrected chi connectivity index (χ4v) is 3.61. The molecule has 5 heteroatoms. The summed E-state index contributed by atoms with van der Waals surface area (Å²) in [6.45, 7) is 5.02. The van der Waals surface area contributed by atoms with Gasteiger partial charge in [-0.3, -0.25) is 0 Å². The highest BCUT2D eigenvalue weighted by Crippen LogP contribution is 2.23. The number of benzene rings is 1. The smallest absolute Gasteiger partial charge is 0.136 e. The van der Waals surface area contributed by atoms with E-state index in [1.54, 1.807) is 29.2 Å². The first-order chi connectivity index (χ1) is 9.69. The largest absolute Gasteiger partial charge is 0.313 e. The maximum absolute atomic E-state index is 13.6. The van der Waals surface area contributed by atoms with E-state index in [-0.39, 0.29) is 5.82 Å². The lowest BCUT2D eigenvalue weighted by molar-refractivity contribution is 0.566. The van der Waals surface area contributed by atoms with Crippen LogP contribution in [0.1, 0.15) is 17.6 Å². The van der Waals surface area contributed by atoms with Crippen LogP contribution in [0.5, 0.6) is 0 Å². The fourth-order valence-electron chi connectivity index (χ4n) is 1.99. The molecule has 1 aromatic carbocycles.